The van der Waals surface area contributed by atoms with Crippen LogP contribution in [0.5, 0.6) is 23.0 Å². The van der Waals surface area contributed by atoms with Crippen molar-refractivity contribution in [3.05, 3.63) is 45.0 Å². The van der Waals surface area contributed by atoms with E-state index in [2.05, 4.69) is 32.6 Å². The smallest absolute Gasteiger partial charge is 0.242 e. The molecule has 1 fully saturated rings. The molecule has 11 nitrogen and oxygen atoms in total. The summed E-state index contributed by atoms with van der Waals surface area (Å²) >= 11 is 0. The van der Waals surface area contributed by atoms with Crippen LogP contribution in [0.1, 0.15) is 77.7 Å². The van der Waals surface area contributed by atoms with Crippen molar-refractivity contribution >= 4 is 11.8 Å². The molecular formula is C33H41N5O6. The van der Waals surface area contributed by atoms with Crippen molar-refractivity contribution in [3.8, 4) is 29.1 Å². The molecule has 2 unspecified atom stereocenters. The molecule has 2 bridgehead atoms. The maximum absolute atomic E-state index is 13.3. The lowest BCUT2D eigenvalue weighted by Gasteiger charge is -2.60. The average Bonchev–Trinajstić information content (AvgIpc) is 3.48. The Hall–Kier alpha value is -4.01. The van der Waals surface area contributed by atoms with Gasteiger partial charge in [0.05, 0.1) is 18.2 Å². The third-order valence-electron chi connectivity index (χ3n) is 10.2. The number of phenolic OH excluding ortho intramolecular Hbond substituents is 2. The van der Waals surface area contributed by atoms with E-state index in [-0.39, 0.29) is 54.8 Å². The first-order valence-electron chi connectivity index (χ1n) is 15.4. The summed E-state index contributed by atoms with van der Waals surface area (Å²) in [6, 6.07) is 2.10. The Morgan fingerprint density at radius 2 is 1.82 bits per heavy atom. The average molecular weight is 604 g/mol. The van der Waals surface area contributed by atoms with Crippen LogP contribution in [0.15, 0.2) is 6.07 Å². The highest BCUT2D eigenvalue weighted by atomic mass is 16.7. The van der Waals surface area contributed by atoms with Gasteiger partial charge in [-0.25, -0.2) is 0 Å². The lowest BCUT2D eigenvalue weighted by Crippen LogP contribution is -2.69. The van der Waals surface area contributed by atoms with Gasteiger partial charge in [0.25, 0.3) is 0 Å². The number of hydrogen-bond donors (Lipinski definition) is 4. The Morgan fingerprint density at radius 3 is 2.52 bits per heavy atom. The van der Waals surface area contributed by atoms with Crippen molar-refractivity contribution in [2.75, 3.05) is 20.4 Å². The number of rotatable bonds is 6. The first-order chi connectivity index (χ1) is 21.0. The van der Waals surface area contributed by atoms with E-state index in [1.165, 1.54) is 0 Å². The van der Waals surface area contributed by atoms with Gasteiger partial charge in [-0.2, -0.15) is 5.26 Å². The molecule has 2 aromatic carbocycles. The summed E-state index contributed by atoms with van der Waals surface area (Å²) < 4.78 is 11.8. The van der Waals surface area contributed by atoms with Crippen LogP contribution >= 0.6 is 0 Å². The lowest BCUT2D eigenvalue weighted by molar-refractivity contribution is -0.129. The monoisotopic (exact) mass is 603 g/mol. The van der Waals surface area contributed by atoms with Gasteiger partial charge in [0.2, 0.25) is 18.6 Å². The van der Waals surface area contributed by atoms with Crippen molar-refractivity contribution in [2.45, 2.75) is 96.6 Å². The van der Waals surface area contributed by atoms with E-state index in [4.69, 9.17) is 9.47 Å². The van der Waals surface area contributed by atoms with Crippen molar-refractivity contribution in [3.63, 3.8) is 0 Å². The van der Waals surface area contributed by atoms with Crippen LogP contribution in [0, 0.1) is 32.1 Å². The summed E-state index contributed by atoms with van der Waals surface area (Å²) in [7, 11) is 2.01. The third-order valence-corrected chi connectivity index (χ3v) is 10.2. The van der Waals surface area contributed by atoms with E-state index < -0.39 is 18.1 Å². The number of likely N-dealkylation sites (N-methyl/N-ethyl adjacent to an activating group) is 1. The second kappa shape index (κ2) is 11.2. The number of ether oxygens (including phenoxy) is 2. The van der Waals surface area contributed by atoms with Crippen LogP contribution in [0.4, 0.5) is 0 Å². The third kappa shape index (κ3) is 4.46. The number of phenols is 2. The predicted molar refractivity (Wildman–Crippen MR) is 162 cm³/mol. The molecule has 4 aliphatic rings. The van der Waals surface area contributed by atoms with E-state index in [0.29, 0.717) is 53.9 Å². The number of aryl methyl sites for hydroxylation is 1. The molecule has 234 valence electrons. The standard InChI is InChI=1S/C33H41N5O6/c1-7-8-25(39)36-18(5)33(42)35-13-24-27-20(29(40)17(4)31-32(27)44-14-43-31)11-22-28-26-19(9-15(2)16(3)30(26)41)10-21(37(28)6)23(12-34)38(22)24/h9,18,21-24,28,40-41H,7-8,10-11,13-14H2,1-6H3,(H,35,42)(H,36,39)/t18-,21-,22?,23-,24-,28?/m0/s1. The van der Waals surface area contributed by atoms with Crippen LogP contribution in [0.3, 0.4) is 0 Å². The molecule has 2 aromatic rings. The molecule has 6 rings (SSSR count). The first-order valence-corrected chi connectivity index (χ1v) is 15.4. The highest BCUT2D eigenvalue weighted by Gasteiger charge is 2.56. The number of nitriles is 1. The number of aromatic hydroxyl groups is 2. The summed E-state index contributed by atoms with van der Waals surface area (Å²) in [5.41, 5.74) is 5.70. The SMILES string of the molecule is CCCC(=O)N[C@@H](C)C(=O)NC[C@H]1c2c(c(O)c(C)c3c2OCO3)CC2C3c4c(cc(C)c(C)c4O)C[C@@H]([C@H](C#N)N21)N3C. The van der Waals surface area contributed by atoms with Crippen LogP contribution < -0.4 is 20.1 Å². The topological polar surface area (TPSA) is 147 Å². The normalized spacial score (nSPS) is 25.7. The minimum absolute atomic E-state index is 0.00457. The maximum atomic E-state index is 13.3. The molecular weight excluding hydrogens is 562 g/mol. The molecule has 4 heterocycles. The summed E-state index contributed by atoms with van der Waals surface area (Å²) in [5, 5.41) is 39.6. The van der Waals surface area contributed by atoms with E-state index in [1.54, 1.807) is 13.8 Å². The van der Waals surface area contributed by atoms with Crippen LogP contribution in [0.25, 0.3) is 0 Å². The van der Waals surface area contributed by atoms with Crippen molar-refractivity contribution in [1.29, 1.82) is 5.26 Å². The molecule has 4 N–H and O–H groups in total. The molecule has 0 radical (unpaired) electrons. The molecule has 4 aliphatic heterocycles. The molecule has 44 heavy (non-hydrogen) atoms. The fourth-order valence-corrected chi connectivity index (χ4v) is 7.86. The molecule has 6 atom stereocenters. The first kappa shape index (κ1) is 30.0. The van der Waals surface area contributed by atoms with Gasteiger partial charge in [0.1, 0.15) is 23.6 Å². The summed E-state index contributed by atoms with van der Waals surface area (Å²) in [4.78, 5) is 29.8. The second-order valence-corrected chi connectivity index (χ2v) is 12.6. The Balaban J connectivity index is 1.47. The van der Waals surface area contributed by atoms with Crippen LogP contribution in [-0.2, 0) is 22.4 Å². The number of carbonyl (C=O) groups excluding carboxylic acids is 2. The number of nitrogens with one attached hydrogen (secondary N) is 2. The van der Waals surface area contributed by atoms with Crippen molar-refractivity contribution in [1.82, 2.24) is 20.4 Å². The number of piperazine rings is 1. The van der Waals surface area contributed by atoms with Crippen molar-refractivity contribution < 1.29 is 29.3 Å². The number of hydrogen-bond acceptors (Lipinski definition) is 9. The zero-order chi connectivity index (χ0) is 31.6. The quantitative estimate of drug-likeness (QED) is 0.391. The second-order valence-electron chi connectivity index (χ2n) is 12.6. The van der Waals surface area contributed by atoms with Gasteiger partial charge in [-0.05, 0) is 70.7 Å². The van der Waals surface area contributed by atoms with E-state index in [0.717, 1.165) is 22.3 Å². The number of benzene rings is 2. The van der Waals surface area contributed by atoms with Crippen LogP contribution in [-0.4, -0.2) is 76.4 Å². The minimum Gasteiger partial charge on any atom is -0.507 e. The van der Waals surface area contributed by atoms with Crippen LogP contribution in [0.2, 0.25) is 0 Å². The molecule has 11 heteroatoms. The fraction of sp³-hybridized carbons (Fsp3) is 0.545. The van der Waals surface area contributed by atoms with Gasteiger partial charge < -0.3 is 30.3 Å². The molecule has 0 aliphatic carbocycles. The zero-order valence-electron chi connectivity index (χ0n) is 26.2. The molecule has 0 spiro atoms. The highest BCUT2D eigenvalue weighted by molar-refractivity contribution is 5.87. The van der Waals surface area contributed by atoms with Gasteiger partial charge >= 0.3 is 0 Å². The Labute approximate surface area is 257 Å². The Morgan fingerprint density at radius 1 is 1.09 bits per heavy atom. The van der Waals surface area contributed by atoms with E-state index in [9.17, 15) is 25.1 Å². The zero-order valence-corrected chi connectivity index (χ0v) is 26.2. The van der Waals surface area contributed by atoms with Gasteiger partial charge in [0, 0.05) is 47.3 Å². The number of nitrogens with zero attached hydrogens (tertiary/aromatic N) is 3. The van der Waals surface area contributed by atoms with Gasteiger partial charge in [-0.1, -0.05) is 13.0 Å². The largest absolute Gasteiger partial charge is 0.507 e. The molecule has 1 saturated heterocycles. The van der Waals surface area contributed by atoms with Gasteiger partial charge in [0.15, 0.2) is 11.5 Å². The highest BCUT2D eigenvalue weighted by Crippen LogP contribution is 2.57. The maximum Gasteiger partial charge on any atom is 0.242 e. The summed E-state index contributed by atoms with van der Waals surface area (Å²) in [5.74, 6) is 0.826. The Bertz CT molecular complexity index is 1580. The van der Waals surface area contributed by atoms with E-state index >= 15 is 0 Å². The summed E-state index contributed by atoms with van der Waals surface area (Å²) in [6.45, 7) is 9.37. The Kier molecular flexibility index (Phi) is 7.62. The fourth-order valence-electron chi connectivity index (χ4n) is 7.86. The van der Waals surface area contributed by atoms with Gasteiger partial charge in [-0.15, -0.1) is 0 Å². The minimum atomic E-state index is -0.752. The summed E-state index contributed by atoms with van der Waals surface area (Å²) in [6.07, 6.45) is 1.99. The van der Waals surface area contributed by atoms with E-state index in [1.807, 2.05) is 27.8 Å². The van der Waals surface area contributed by atoms with Gasteiger partial charge in [-0.3, -0.25) is 19.4 Å². The number of carbonyl (C=O) groups is 2. The number of amides is 2. The molecule has 0 aromatic heterocycles. The molecule has 2 amide bonds. The molecule has 0 saturated carbocycles. The lowest BCUT2D eigenvalue weighted by atomic mass is 9.71. The van der Waals surface area contributed by atoms with Crippen molar-refractivity contribution in [2.24, 2.45) is 0 Å². The predicted octanol–water partition coefficient (Wildman–Crippen LogP) is 2.94. The number of fused-ring (bicyclic) bond motifs is 9.